The minimum atomic E-state index is -1.40. The highest BCUT2D eigenvalue weighted by atomic mass is 32.1. The van der Waals surface area contributed by atoms with Crippen LogP contribution in [0.4, 0.5) is 0 Å². The summed E-state index contributed by atoms with van der Waals surface area (Å²) < 4.78 is 0. The lowest BCUT2D eigenvalue weighted by Crippen LogP contribution is -2.68. The Morgan fingerprint density at radius 1 is 1.45 bits per heavy atom. The van der Waals surface area contributed by atoms with Gasteiger partial charge < -0.3 is 11.1 Å². The van der Waals surface area contributed by atoms with E-state index in [1.165, 1.54) is 0 Å². The van der Waals surface area contributed by atoms with Crippen molar-refractivity contribution in [1.29, 1.82) is 0 Å². The van der Waals surface area contributed by atoms with Gasteiger partial charge in [0.1, 0.15) is 5.84 Å². The Morgan fingerprint density at radius 2 is 2.10 bits per heavy atom. The van der Waals surface area contributed by atoms with Gasteiger partial charge >= 0.3 is 0 Å². The predicted molar refractivity (Wildman–Crippen MR) is 79.2 cm³/mol. The van der Waals surface area contributed by atoms with E-state index in [-0.39, 0.29) is 17.4 Å². The molecule has 4 N–H and O–H groups in total. The molecule has 0 aromatic heterocycles. The Morgan fingerprint density at radius 3 is 2.65 bits per heavy atom. The minimum absolute atomic E-state index is 0.000250. The first kappa shape index (κ1) is 14.1. The van der Waals surface area contributed by atoms with Crippen LogP contribution >= 0.6 is 12.2 Å². The van der Waals surface area contributed by atoms with Crippen molar-refractivity contribution >= 4 is 35.5 Å². The number of nitrogens with zero attached hydrogens (tertiary/aromatic N) is 1. The van der Waals surface area contributed by atoms with Gasteiger partial charge in [-0.2, -0.15) is 0 Å². The number of aryl methyl sites for hydroxylation is 1. The van der Waals surface area contributed by atoms with Gasteiger partial charge in [-0.05, 0) is 24.7 Å². The largest absolute Gasteiger partial charge is 0.385 e. The standard InChI is InChI=1S/C13H14N4O2S/c1-8-2-4-9(5-3-8)6-13(15-7-18)10(14)16-12(20)17-11(13)19/h2-5,7H,6H2,1H3,(H,15,18)(H3,14,16,17,19,20). The van der Waals surface area contributed by atoms with Gasteiger partial charge in [0.2, 0.25) is 11.5 Å². The number of aliphatic imine (C=N–C) groups is 1. The summed E-state index contributed by atoms with van der Waals surface area (Å²) in [6.07, 6.45) is 0.639. The summed E-state index contributed by atoms with van der Waals surface area (Å²) in [5.41, 5.74) is 6.39. The third-order valence-electron chi connectivity index (χ3n) is 3.16. The molecule has 1 aliphatic heterocycles. The molecule has 1 unspecified atom stereocenters. The molecule has 2 rings (SSSR count). The van der Waals surface area contributed by atoms with Crippen LogP contribution in [0.1, 0.15) is 11.1 Å². The van der Waals surface area contributed by atoms with E-state index in [1.807, 2.05) is 31.2 Å². The molecule has 0 spiro atoms. The lowest BCUT2D eigenvalue weighted by atomic mass is 9.87. The van der Waals surface area contributed by atoms with Gasteiger partial charge in [0.05, 0.1) is 0 Å². The number of benzene rings is 1. The summed E-state index contributed by atoms with van der Waals surface area (Å²) in [7, 11) is 0. The van der Waals surface area contributed by atoms with E-state index in [4.69, 9.17) is 18.0 Å². The second-order valence-corrected chi connectivity index (χ2v) is 4.97. The topological polar surface area (TPSA) is 96.6 Å². The van der Waals surface area contributed by atoms with Gasteiger partial charge in [0.25, 0.3) is 5.91 Å². The predicted octanol–water partition coefficient (Wildman–Crippen LogP) is -0.206. The molecule has 0 saturated heterocycles. The fourth-order valence-electron chi connectivity index (χ4n) is 2.03. The summed E-state index contributed by atoms with van der Waals surface area (Å²) in [6.45, 7) is 1.96. The highest BCUT2D eigenvalue weighted by molar-refractivity contribution is 7.80. The average molecular weight is 290 g/mol. The molecule has 1 atom stereocenters. The van der Waals surface area contributed by atoms with Crippen LogP contribution in [0.5, 0.6) is 0 Å². The van der Waals surface area contributed by atoms with Gasteiger partial charge in [-0.3, -0.25) is 14.9 Å². The molecule has 6 nitrogen and oxygen atoms in total. The fraction of sp³-hybridized carbons (Fsp3) is 0.231. The van der Waals surface area contributed by atoms with E-state index in [0.717, 1.165) is 11.1 Å². The summed E-state index contributed by atoms with van der Waals surface area (Å²) in [4.78, 5) is 27.0. The highest BCUT2D eigenvalue weighted by Gasteiger charge is 2.45. The zero-order chi connectivity index (χ0) is 14.8. The molecule has 1 heterocycles. The number of rotatable bonds is 4. The molecule has 104 valence electrons. The number of amides is 2. The van der Waals surface area contributed by atoms with Gasteiger partial charge in [-0.25, -0.2) is 4.99 Å². The Hall–Kier alpha value is -2.28. The number of carbonyl (C=O) groups is 2. The van der Waals surface area contributed by atoms with Crippen molar-refractivity contribution in [2.45, 2.75) is 18.9 Å². The Bertz CT molecular complexity index is 597. The van der Waals surface area contributed by atoms with E-state index in [1.54, 1.807) is 0 Å². The summed E-state index contributed by atoms with van der Waals surface area (Å²) in [5, 5.41) is 4.89. The molecule has 2 amide bonds. The van der Waals surface area contributed by atoms with Crippen molar-refractivity contribution in [1.82, 2.24) is 10.6 Å². The normalized spacial score (nSPS) is 21.9. The van der Waals surface area contributed by atoms with Crippen molar-refractivity contribution in [2.75, 3.05) is 0 Å². The zero-order valence-electron chi connectivity index (χ0n) is 10.8. The molecule has 0 fully saturated rings. The number of hydrogen-bond donors (Lipinski definition) is 3. The Balaban J connectivity index is 2.41. The summed E-state index contributed by atoms with van der Waals surface area (Å²) in [6, 6.07) is 7.58. The summed E-state index contributed by atoms with van der Waals surface area (Å²) in [5.74, 6) is -0.499. The number of nitrogens with one attached hydrogen (secondary N) is 2. The van der Waals surface area contributed by atoms with Gasteiger partial charge in [0, 0.05) is 6.42 Å². The molecular formula is C13H14N4O2S. The molecular weight excluding hydrogens is 276 g/mol. The van der Waals surface area contributed by atoms with E-state index in [2.05, 4.69) is 15.6 Å². The Labute approximate surface area is 121 Å². The molecule has 0 aliphatic carbocycles. The number of nitrogens with two attached hydrogens (primary N) is 1. The molecule has 0 bridgehead atoms. The van der Waals surface area contributed by atoms with Crippen LogP contribution in [0.2, 0.25) is 0 Å². The number of thiocarbonyl (C=S) groups is 1. The van der Waals surface area contributed by atoms with Gasteiger partial charge in [-0.1, -0.05) is 29.8 Å². The van der Waals surface area contributed by atoms with Crippen LogP contribution in [0, 0.1) is 6.92 Å². The van der Waals surface area contributed by atoms with Crippen LogP contribution in [0.25, 0.3) is 0 Å². The molecule has 1 aromatic carbocycles. The van der Waals surface area contributed by atoms with Crippen LogP contribution < -0.4 is 16.4 Å². The summed E-state index contributed by atoms with van der Waals surface area (Å²) >= 11 is 4.81. The van der Waals surface area contributed by atoms with Crippen molar-refractivity contribution in [3.8, 4) is 0 Å². The molecule has 20 heavy (non-hydrogen) atoms. The van der Waals surface area contributed by atoms with Crippen molar-refractivity contribution in [2.24, 2.45) is 10.7 Å². The van der Waals surface area contributed by atoms with Crippen LogP contribution in [-0.4, -0.2) is 28.8 Å². The molecule has 1 aromatic rings. The molecule has 7 heteroatoms. The van der Waals surface area contributed by atoms with Crippen LogP contribution in [0.15, 0.2) is 29.3 Å². The molecule has 0 radical (unpaired) electrons. The second-order valence-electron chi connectivity index (χ2n) is 4.59. The SMILES string of the molecule is Cc1ccc(CC2(NC=O)C(=O)NC(=S)N=C2N)cc1. The Kier molecular flexibility index (Phi) is 3.80. The van der Waals surface area contributed by atoms with Crippen LogP contribution in [-0.2, 0) is 16.0 Å². The monoisotopic (exact) mass is 290 g/mol. The first-order valence-corrected chi connectivity index (χ1v) is 6.36. The van der Waals surface area contributed by atoms with Gasteiger partial charge in [-0.15, -0.1) is 0 Å². The maximum absolute atomic E-state index is 12.2. The fourth-order valence-corrected chi connectivity index (χ4v) is 2.22. The smallest absolute Gasteiger partial charge is 0.260 e. The number of hydrogen-bond acceptors (Lipinski definition) is 4. The lowest BCUT2D eigenvalue weighted by molar-refractivity contribution is -0.126. The van der Waals surface area contributed by atoms with E-state index < -0.39 is 11.4 Å². The first-order valence-electron chi connectivity index (χ1n) is 5.95. The average Bonchev–Trinajstić information content (AvgIpc) is 2.38. The third kappa shape index (κ3) is 2.53. The number of amidine groups is 1. The zero-order valence-corrected chi connectivity index (χ0v) is 11.7. The van der Waals surface area contributed by atoms with E-state index in [0.29, 0.717) is 6.41 Å². The lowest BCUT2D eigenvalue weighted by Gasteiger charge is -2.33. The van der Waals surface area contributed by atoms with Gasteiger partial charge in [0.15, 0.2) is 5.54 Å². The molecule has 1 aliphatic rings. The van der Waals surface area contributed by atoms with E-state index >= 15 is 0 Å². The van der Waals surface area contributed by atoms with Crippen molar-refractivity contribution in [3.63, 3.8) is 0 Å². The third-order valence-corrected chi connectivity index (χ3v) is 3.36. The van der Waals surface area contributed by atoms with Crippen molar-refractivity contribution < 1.29 is 9.59 Å². The number of carbonyl (C=O) groups excluding carboxylic acids is 2. The quantitative estimate of drug-likeness (QED) is 0.528. The van der Waals surface area contributed by atoms with E-state index in [9.17, 15) is 9.59 Å². The van der Waals surface area contributed by atoms with Crippen LogP contribution in [0.3, 0.4) is 0 Å². The highest BCUT2D eigenvalue weighted by Crippen LogP contribution is 2.18. The molecule has 0 saturated carbocycles. The minimum Gasteiger partial charge on any atom is -0.385 e. The maximum atomic E-state index is 12.2. The first-order chi connectivity index (χ1) is 9.48. The second kappa shape index (κ2) is 5.38. The maximum Gasteiger partial charge on any atom is 0.260 e. The van der Waals surface area contributed by atoms with Crippen molar-refractivity contribution in [3.05, 3.63) is 35.4 Å².